The van der Waals surface area contributed by atoms with Gasteiger partial charge in [-0.15, -0.1) is 11.3 Å². The number of thiazole rings is 1. The predicted octanol–water partition coefficient (Wildman–Crippen LogP) is 6.27. The SMILES string of the molecule is COc1ccc(N=c2scc(-c3ccc(S(=O)(=O)N4CCCCCC4)cc3)n2CCc2ccccc2)cc1. The van der Waals surface area contributed by atoms with Crippen molar-refractivity contribution in [3.63, 3.8) is 0 Å². The van der Waals surface area contributed by atoms with Gasteiger partial charge in [-0.1, -0.05) is 55.3 Å². The zero-order chi connectivity index (χ0) is 26.4. The zero-order valence-corrected chi connectivity index (χ0v) is 23.3. The summed E-state index contributed by atoms with van der Waals surface area (Å²) in [6.07, 6.45) is 4.90. The van der Waals surface area contributed by atoms with Crippen LogP contribution in [-0.4, -0.2) is 37.5 Å². The molecule has 1 aromatic heterocycles. The van der Waals surface area contributed by atoms with Crippen LogP contribution in [-0.2, 0) is 23.0 Å². The van der Waals surface area contributed by atoms with Gasteiger partial charge in [0.2, 0.25) is 10.0 Å². The number of ether oxygens (including phenoxy) is 1. The molecule has 0 bridgehead atoms. The Bertz CT molecular complexity index is 1500. The minimum Gasteiger partial charge on any atom is -0.497 e. The Hall–Kier alpha value is -3.20. The van der Waals surface area contributed by atoms with E-state index in [9.17, 15) is 8.42 Å². The largest absolute Gasteiger partial charge is 0.497 e. The molecule has 3 aromatic carbocycles. The highest BCUT2D eigenvalue weighted by atomic mass is 32.2. The Morgan fingerprint density at radius 2 is 1.55 bits per heavy atom. The summed E-state index contributed by atoms with van der Waals surface area (Å²) in [5.74, 6) is 0.794. The number of aryl methyl sites for hydroxylation is 1. The number of benzene rings is 3. The second-order valence-electron chi connectivity index (χ2n) is 9.44. The van der Waals surface area contributed by atoms with Crippen LogP contribution in [0.4, 0.5) is 5.69 Å². The first-order valence-electron chi connectivity index (χ1n) is 13.1. The van der Waals surface area contributed by atoms with Crippen LogP contribution in [0.5, 0.6) is 5.75 Å². The first-order chi connectivity index (χ1) is 18.5. The molecule has 6 nitrogen and oxygen atoms in total. The quantitative estimate of drug-likeness (QED) is 0.261. The summed E-state index contributed by atoms with van der Waals surface area (Å²) in [7, 11) is -1.83. The van der Waals surface area contributed by atoms with Crippen molar-refractivity contribution in [1.82, 2.24) is 8.87 Å². The van der Waals surface area contributed by atoms with Gasteiger partial charge in [0.05, 0.1) is 23.4 Å². The van der Waals surface area contributed by atoms with E-state index in [4.69, 9.17) is 9.73 Å². The molecule has 0 spiro atoms. The molecule has 1 fully saturated rings. The number of hydrogen-bond donors (Lipinski definition) is 0. The van der Waals surface area contributed by atoms with Crippen LogP contribution in [0.1, 0.15) is 31.2 Å². The molecule has 198 valence electrons. The van der Waals surface area contributed by atoms with E-state index in [0.29, 0.717) is 18.0 Å². The number of rotatable bonds is 8. The van der Waals surface area contributed by atoms with Gasteiger partial charge in [0.1, 0.15) is 5.75 Å². The molecule has 0 amide bonds. The minimum absolute atomic E-state index is 0.359. The lowest BCUT2D eigenvalue weighted by atomic mass is 10.1. The lowest BCUT2D eigenvalue weighted by molar-refractivity contribution is 0.415. The van der Waals surface area contributed by atoms with Crippen LogP contribution >= 0.6 is 11.3 Å². The molecule has 0 radical (unpaired) electrons. The lowest BCUT2D eigenvalue weighted by Crippen LogP contribution is -2.31. The Morgan fingerprint density at radius 3 is 2.21 bits per heavy atom. The molecule has 2 heterocycles. The van der Waals surface area contributed by atoms with E-state index in [1.165, 1.54) is 5.56 Å². The van der Waals surface area contributed by atoms with Crippen molar-refractivity contribution in [1.29, 1.82) is 0 Å². The van der Waals surface area contributed by atoms with Gasteiger partial charge in [0.25, 0.3) is 0 Å². The van der Waals surface area contributed by atoms with E-state index in [2.05, 4.69) is 34.2 Å². The summed E-state index contributed by atoms with van der Waals surface area (Å²) in [4.78, 5) is 6.17. The van der Waals surface area contributed by atoms with Crippen LogP contribution in [0.25, 0.3) is 11.3 Å². The topological polar surface area (TPSA) is 63.9 Å². The molecule has 0 N–H and O–H groups in total. The summed E-state index contributed by atoms with van der Waals surface area (Å²) in [6.45, 7) is 1.96. The monoisotopic (exact) mass is 547 g/mol. The van der Waals surface area contributed by atoms with Crippen LogP contribution in [0, 0.1) is 0 Å². The third kappa shape index (κ3) is 6.09. The second-order valence-corrected chi connectivity index (χ2v) is 12.2. The van der Waals surface area contributed by atoms with Crippen molar-refractivity contribution < 1.29 is 13.2 Å². The molecule has 0 atom stereocenters. The molecule has 1 aliphatic heterocycles. The molecule has 0 aliphatic carbocycles. The van der Waals surface area contributed by atoms with Crippen molar-refractivity contribution in [2.75, 3.05) is 20.2 Å². The maximum absolute atomic E-state index is 13.3. The number of hydrogen-bond acceptors (Lipinski definition) is 5. The van der Waals surface area contributed by atoms with Crippen molar-refractivity contribution >= 4 is 27.0 Å². The first-order valence-corrected chi connectivity index (χ1v) is 15.4. The van der Waals surface area contributed by atoms with Gasteiger partial charge in [-0.05, 0) is 66.8 Å². The summed E-state index contributed by atoms with van der Waals surface area (Å²) >= 11 is 1.58. The maximum Gasteiger partial charge on any atom is 0.243 e. The molecule has 8 heteroatoms. The van der Waals surface area contributed by atoms with Gasteiger partial charge in [-0.2, -0.15) is 4.31 Å². The standard InChI is InChI=1S/C30H33N3O3S2/c1-36-27-15-13-26(14-16-27)31-30-33(22-19-24-9-5-4-6-10-24)29(23-37-30)25-11-17-28(18-12-25)38(34,35)32-20-7-2-3-8-21-32/h4-6,9-18,23H,2-3,7-8,19-22H2,1H3. The lowest BCUT2D eigenvalue weighted by Gasteiger charge is -2.20. The van der Waals surface area contributed by atoms with Crippen molar-refractivity contribution in [2.45, 2.75) is 43.5 Å². The first kappa shape index (κ1) is 26.4. The molecule has 1 saturated heterocycles. The van der Waals surface area contributed by atoms with Crippen molar-refractivity contribution in [2.24, 2.45) is 4.99 Å². The van der Waals surface area contributed by atoms with E-state index < -0.39 is 10.0 Å². The fraction of sp³-hybridized carbons (Fsp3) is 0.300. The molecular formula is C30H33N3O3S2. The number of sulfonamides is 1. The highest BCUT2D eigenvalue weighted by Gasteiger charge is 2.25. The van der Waals surface area contributed by atoms with Gasteiger partial charge in [-0.3, -0.25) is 0 Å². The number of aromatic nitrogens is 1. The third-order valence-electron chi connectivity index (χ3n) is 6.91. The van der Waals surface area contributed by atoms with E-state index >= 15 is 0 Å². The molecule has 5 rings (SSSR count). The molecule has 0 saturated carbocycles. The third-order valence-corrected chi connectivity index (χ3v) is 9.69. The normalized spacial score (nSPS) is 15.3. The van der Waals surface area contributed by atoms with Crippen molar-refractivity contribution in [3.8, 4) is 17.0 Å². The van der Waals surface area contributed by atoms with Crippen LogP contribution < -0.4 is 9.54 Å². The average molecular weight is 548 g/mol. The van der Waals surface area contributed by atoms with E-state index in [-0.39, 0.29) is 0 Å². The number of methoxy groups -OCH3 is 1. The fourth-order valence-electron chi connectivity index (χ4n) is 4.75. The summed E-state index contributed by atoms with van der Waals surface area (Å²) in [6, 6.07) is 25.4. The highest BCUT2D eigenvalue weighted by molar-refractivity contribution is 7.89. The Kier molecular flexibility index (Phi) is 8.42. The second kappa shape index (κ2) is 12.1. The van der Waals surface area contributed by atoms with E-state index in [0.717, 1.165) is 66.1 Å². The predicted molar refractivity (Wildman–Crippen MR) is 153 cm³/mol. The van der Waals surface area contributed by atoms with Gasteiger partial charge < -0.3 is 9.30 Å². The summed E-state index contributed by atoms with van der Waals surface area (Å²) < 4.78 is 35.7. The molecule has 38 heavy (non-hydrogen) atoms. The van der Waals surface area contributed by atoms with E-state index in [1.54, 1.807) is 34.9 Å². The smallest absolute Gasteiger partial charge is 0.243 e. The van der Waals surface area contributed by atoms with Gasteiger partial charge >= 0.3 is 0 Å². The van der Waals surface area contributed by atoms with E-state index in [1.807, 2.05) is 42.5 Å². The molecule has 4 aromatic rings. The Balaban J connectivity index is 1.47. The molecule has 0 unspecified atom stereocenters. The van der Waals surface area contributed by atoms with Crippen LogP contribution in [0.3, 0.4) is 0 Å². The highest BCUT2D eigenvalue weighted by Crippen LogP contribution is 2.26. The van der Waals surface area contributed by atoms with Crippen molar-refractivity contribution in [3.05, 3.63) is 94.6 Å². The average Bonchev–Trinajstić information content (AvgIpc) is 3.14. The Morgan fingerprint density at radius 1 is 0.868 bits per heavy atom. The molecule has 1 aliphatic rings. The fourth-order valence-corrected chi connectivity index (χ4v) is 7.22. The zero-order valence-electron chi connectivity index (χ0n) is 21.6. The molecular weight excluding hydrogens is 514 g/mol. The Labute approximate surface area is 228 Å². The van der Waals surface area contributed by atoms with Crippen LogP contribution in [0.15, 0.2) is 94.1 Å². The number of nitrogens with zero attached hydrogens (tertiary/aromatic N) is 3. The minimum atomic E-state index is -3.48. The van der Waals surface area contributed by atoms with Gasteiger partial charge in [-0.25, -0.2) is 13.4 Å². The summed E-state index contributed by atoms with van der Waals surface area (Å²) in [5.41, 5.74) is 4.11. The maximum atomic E-state index is 13.3. The van der Waals surface area contributed by atoms with Gasteiger partial charge in [0.15, 0.2) is 4.80 Å². The van der Waals surface area contributed by atoms with Gasteiger partial charge in [0, 0.05) is 25.0 Å². The summed E-state index contributed by atoms with van der Waals surface area (Å²) in [5, 5.41) is 2.10. The van der Waals surface area contributed by atoms with Crippen LogP contribution in [0.2, 0.25) is 0 Å².